The van der Waals surface area contributed by atoms with Gasteiger partial charge in [0.15, 0.2) is 11.6 Å². The van der Waals surface area contributed by atoms with Crippen molar-refractivity contribution < 1.29 is 22.6 Å². The highest BCUT2D eigenvalue weighted by molar-refractivity contribution is 7.83. The average molecular weight is 337 g/mol. The van der Waals surface area contributed by atoms with Gasteiger partial charge in [0, 0.05) is 21.6 Å². The van der Waals surface area contributed by atoms with Crippen molar-refractivity contribution >= 4 is 21.9 Å². The topological polar surface area (TPSA) is 189 Å². The molecule has 23 heavy (non-hydrogen) atoms. The van der Waals surface area contributed by atoms with Gasteiger partial charge in [0.05, 0.1) is 0 Å². The molecule has 0 heterocycles. The molecule has 0 saturated heterocycles. The van der Waals surface area contributed by atoms with E-state index in [1.165, 1.54) is 12.2 Å². The Morgan fingerprint density at radius 2 is 1.35 bits per heavy atom. The molecule has 2 aliphatic carbocycles. The first kappa shape index (κ1) is 17.7. The van der Waals surface area contributed by atoms with Gasteiger partial charge in [-0.15, -0.1) is 11.1 Å². The molecule has 0 atom stereocenters. The molecule has 2 aliphatic rings. The van der Waals surface area contributed by atoms with Crippen LogP contribution in [0.2, 0.25) is 0 Å². The first-order valence-electron chi connectivity index (χ1n) is 5.54. The second-order valence-corrected chi connectivity index (χ2v) is 4.89. The molecule has 0 fully saturated rings. The second-order valence-electron chi connectivity index (χ2n) is 3.67. The number of azide groups is 1. The summed E-state index contributed by atoms with van der Waals surface area (Å²) < 4.78 is 27.7. The molecule has 0 aromatic rings. The zero-order chi connectivity index (χ0) is 17.5. The van der Waals surface area contributed by atoms with Crippen LogP contribution in [-0.4, -0.2) is 29.1 Å². The monoisotopic (exact) mass is 337 g/mol. The molecular weight excluding hydrogens is 330 g/mol. The molecule has 0 aromatic heterocycles. The molecule has 0 saturated carbocycles. The van der Waals surface area contributed by atoms with Gasteiger partial charge in [-0.3, -0.25) is 14.1 Å². The highest BCUT2D eigenvalue weighted by Crippen LogP contribution is 2.21. The Kier molecular flexibility index (Phi) is 5.83. The van der Waals surface area contributed by atoms with Crippen LogP contribution in [0.25, 0.3) is 20.9 Å². The van der Waals surface area contributed by atoms with Crippen LogP contribution in [-0.2, 0) is 19.9 Å². The Morgan fingerprint density at radius 1 is 0.957 bits per heavy atom. The molecule has 118 valence electrons. The third kappa shape index (κ3) is 4.84. The quantitative estimate of drug-likeness (QED) is 0.269. The van der Waals surface area contributed by atoms with E-state index in [1.807, 2.05) is 9.82 Å². The van der Waals surface area contributed by atoms with Crippen LogP contribution in [0.15, 0.2) is 58.0 Å². The zero-order valence-electron chi connectivity index (χ0n) is 11.1. The number of rotatable bonds is 3. The molecule has 0 spiro atoms. The Morgan fingerprint density at radius 3 is 1.65 bits per heavy atom. The SMILES string of the molecule is O=C1C=CC=C2C(=O)C=CC=C12.[N-]=[N+]=NN(N=[N+]=[N-])S(=O)(=O)O. The largest absolute Gasteiger partial charge is 0.449 e. The van der Waals surface area contributed by atoms with E-state index in [4.69, 9.17) is 15.6 Å². The van der Waals surface area contributed by atoms with E-state index in [2.05, 4.69) is 10.4 Å². The summed E-state index contributed by atoms with van der Waals surface area (Å²) >= 11 is 0. The van der Waals surface area contributed by atoms with Crippen LogP contribution in [0, 0.1) is 0 Å². The maximum atomic E-state index is 11.2. The molecule has 0 radical (unpaired) electrons. The van der Waals surface area contributed by atoms with Gasteiger partial charge in [0.2, 0.25) is 0 Å². The first-order valence-corrected chi connectivity index (χ1v) is 6.94. The summed E-state index contributed by atoms with van der Waals surface area (Å²) in [5, 5.41) is 4.68. The summed E-state index contributed by atoms with van der Waals surface area (Å²) in [4.78, 5) is 26.3. The number of carbonyl (C=O) groups excluding carboxylic acids is 2. The summed E-state index contributed by atoms with van der Waals surface area (Å²) in [5.74, 6) is -0.185. The van der Waals surface area contributed by atoms with E-state index in [9.17, 15) is 18.0 Å². The normalized spacial score (nSPS) is 15.0. The van der Waals surface area contributed by atoms with Gasteiger partial charge in [0.25, 0.3) is 0 Å². The number of allylic oxidation sites excluding steroid dienone is 8. The third-order valence-electron chi connectivity index (χ3n) is 2.28. The molecule has 0 aliphatic heterocycles. The van der Waals surface area contributed by atoms with Crippen LogP contribution in [0.5, 0.6) is 0 Å². The molecule has 0 amide bonds. The Balaban J connectivity index is 0.000000232. The minimum Gasteiger partial charge on any atom is -0.289 e. The van der Waals surface area contributed by atoms with Crippen molar-refractivity contribution in [2.24, 2.45) is 10.4 Å². The average Bonchev–Trinajstić information content (AvgIpc) is 2.48. The van der Waals surface area contributed by atoms with Crippen molar-refractivity contribution in [1.82, 2.24) is 4.52 Å². The molecule has 12 nitrogen and oxygen atoms in total. The summed E-state index contributed by atoms with van der Waals surface area (Å²) in [5.41, 5.74) is 16.4. The van der Waals surface area contributed by atoms with Crippen LogP contribution in [0.3, 0.4) is 0 Å². The van der Waals surface area contributed by atoms with E-state index < -0.39 is 14.8 Å². The predicted octanol–water partition coefficient (Wildman–Crippen LogP) is 1.66. The maximum Gasteiger partial charge on any atom is 0.449 e. The summed E-state index contributed by atoms with van der Waals surface area (Å²) in [6, 6.07) is 0. The second kappa shape index (κ2) is 7.59. The lowest BCUT2D eigenvalue weighted by Gasteiger charge is -2.11. The molecule has 2 rings (SSSR count). The number of hydrogen-bond donors (Lipinski definition) is 1. The lowest BCUT2D eigenvalue weighted by molar-refractivity contribution is -0.114. The highest BCUT2D eigenvalue weighted by atomic mass is 32.2. The van der Waals surface area contributed by atoms with Gasteiger partial charge in [-0.2, -0.15) is 18.2 Å². The Labute approximate surface area is 128 Å². The van der Waals surface area contributed by atoms with Gasteiger partial charge < -0.3 is 0 Å². The van der Waals surface area contributed by atoms with Crippen molar-refractivity contribution in [3.8, 4) is 0 Å². The van der Waals surface area contributed by atoms with Gasteiger partial charge in [-0.1, -0.05) is 24.3 Å². The van der Waals surface area contributed by atoms with Gasteiger partial charge in [-0.05, 0) is 16.7 Å². The maximum absolute atomic E-state index is 11.2. The van der Waals surface area contributed by atoms with Gasteiger partial charge >= 0.3 is 10.3 Å². The van der Waals surface area contributed by atoms with Crippen molar-refractivity contribution in [1.29, 1.82) is 0 Å². The molecule has 13 heteroatoms. The van der Waals surface area contributed by atoms with Crippen molar-refractivity contribution in [3.05, 3.63) is 68.5 Å². The van der Waals surface area contributed by atoms with E-state index in [-0.39, 0.29) is 11.6 Å². The van der Waals surface area contributed by atoms with Crippen LogP contribution >= 0.6 is 0 Å². The smallest absolute Gasteiger partial charge is 0.289 e. The molecule has 0 bridgehead atoms. The Hall–Kier alpha value is -3.37. The van der Waals surface area contributed by atoms with Crippen molar-refractivity contribution in [2.45, 2.75) is 0 Å². The minimum atomic E-state index is -4.80. The van der Waals surface area contributed by atoms with E-state index >= 15 is 0 Å². The fourth-order valence-electron chi connectivity index (χ4n) is 1.43. The number of hydrogen-bond acceptors (Lipinski definition) is 6. The first-order chi connectivity index (χ1) is 10.8. The van der Waals surface area contributed by atoms with Crippen molar-refractivity contribution in [3.63, 3.8) is 0 Å². The van der Waals surface area contributed by atoms with Crippen LogP contribution < -0.4 is 0 Å². The molecule has 0 unspecified atom stereocenters. The van der Waals surface area contributed by atoms with Gasteiger partial charge in [-0.25, -0.2) is 0 Å². The standard InChI is InChI=1S/C10H6O2.HN7O3S/c11-9-5-1-3-7-8(9)4-2-6-10(7)12;1-3-5-7(6-4-2)11(8,9)10/h1-6H;(H,8,9,10). The Bertz CT molecular complexity index is 798. The summed E-state index contributed by atoms with van der Waals surface area (Å²) in [6.07, 6.45) is 9.46. The molecule has 1 N–H and O–H groups in total. The number of fused-ring (bicyclic) bond motifs is 1. The lowest BCUT2D eigenvalue weighted by atomic mass is 9.90. The summed E-state index contributed by atoms with van der Waals surface area (Å²) in [7, 11) is -4.80. The third-order valence-corrected chi connectivity index (χ3v) is 2.84. The number of nitrogens with zero attached hydrogens (tertiary/aromatic N) is 7. The van der Waals surface area contributed by atoms with E-state index in [1.54, 1.807) is 24.3 Å². The summed E-state index contributed by atoms with van der Waals surface area (Å²) in [6.45, 7) is 0. The minimum absolute atomic E-state index is 0.0924. The fourth-order valence-corrected chi connectivity index (χ4v) is 1.68. The predicted molar refractivity (Wildman–Crippen MR) is 76.1 cm³/mol. The lowest BCUT2D eigenvalue weighted by Crippen LogP contribution is -2.17. The van der Waals surface area contributed by atoms with Gasteiger partial charge in [0.1, 0.15) is 0 Å². The van der Waals surface area contributed by atoms with Crippen LogP contribution in [0.4, 0.5) is 0 Å². The number of ketones is 2. The highest BCUT2D eigenvalue weighted by Gasteiger charge is 2.20. The zero-order valence-corrected chi connectivity index (χ0v) is 11.9. The molecule has 0 aromatic carbocycles. The van der Waals surface area contributed by atoms with E-state index in [0.29, 0.717) is 11.1 Å². The van der Waals surface area contributed by atoms with Crippen molar-refractivity contribution in [2.75, 3.05) is 0 Å². The number of carbonyl (C=O) groups is 2. The fraction of sp³-hybridized carbons (Fsp3) is 0. The molecular formula is C10H7N7O5S. The van der Waals surface area contributed by atoms with E-state index in [0.717, 1.165) is 0 Å². The van der Waals surface area contributed by atoms with Crippen LogP contribution in [0.1, 0.15) is 0 Å².